The average Bonchev–Trinajstić information content (AvgIpc) is 2.18. The molecule has 0 saturated carbocycles. The number of alkyl halides is 2. The Morgan fingerprint density at radius 3 is 2.13 bits per heavy atom. The van der Waals surface area contributed by atoms with Gasteiger partial charge >= 0.3 is 0 Å². The van der Waals surface area contributed by atoms with Crippen molar-refractivity contribution in [2.24, 2.45) is 5.73 Å². The molecule has 0 aliphatic carbocycles. The van der Waals surface area contributed by atoms with Gasteiger partial charge in [-0.05, 0) is 18.0 Å². The minimum Gasteiger partial charge on any atom is -0.330 e. The number of hydrogen-bond donors (Lipinski definition) is 1. The van der Waals surface area contributed by atoms with Crippen LogP contribution >= 0.6 is 0 Å². The van der Waals surface area contributed by atoms with Gasteiger partial charge in [-0.3, -0.25) is 0 Å². The third-order valence-electron chi connectivity index (χ3n) is 2.46. The summed E-state index contributed by atoms with van der Waals surface area (Å²) in [5, 5.41) is 0. The first-order chi connectivity index (χ1) is 6.97. The molecule has 1 aromatic rings. The largest absolute Gasteiger partial charge is 0.330 e. The predicted octanol–water partition coefficient (Wildman–Crippen LogP) is 3.25. The van der Waals surface area contributed by atoms with E-state index < -0.39 is 5.92 Å². The van der Waals surface area contributed by atoms with Crippen molar-refractivity contribution in [3.8, 4) is 0 Å². The van der Waals surface area contributed by atoms with Gasteiger partial charge < -0.3 is 5.73 Å². The first-order valence-corrected chi connectivity index (χ1v) is 5.15. The Morgan fingerprint density at radius 1 is 1.20 bits per heavy atom. The van der Waals surface area contributed by atoms with Gasteiger partial charge in [-0.1, -0.05) is 38.1 Å². The first kappa shape index (κ1) is 12.1. The molecule has 0 bridgehead atoms. The van der Waals surface area contributed by atoms with Crippen molar-refractivity contribution in [3.63, 3.8) is 0 Å². The summed E-state index contributed by atoms with van der Waals surface area (Å²) in [6.07, 6.45) is -0.298. The van der Waals surface area contributed by atoms with Gasteiger partial charge in [-0.25, -0.2) is 8.78 Å². The summed E-state index contributed by atoms with van der Waals surface area (Å²) in [6.45, 7) is 4.07. The molecule has 0 aliphatic rings. The van der Waals surface area contributed by atoms with Crippen LogP contribution in [0, 0.1) is 0 Å². The fourth-order valence-corrected chi connectivity index (χ4v) is 1.44. The number of benzene rings is 1. The summed E-state index contributed by atoms with van der Waals surface area (Å²) in [5.41, 5.74) is 6.27. The fourth-order valence-electron chi connectivity index (χ4n) is 1.44. The van der Waals surface area contributed by atoms with E-state index in [1.165, 1.54) is 12.1 Å². The molecule has 0 heterocycles. The van der Waals surface area contributed by atoms with Crippen LogP contribution in [-0.4, -0.2) is 6.54 Å². The molecule has 1 rings (SSSR count). The van der Waals surface area contributed by atoms with Crippen molar-refractivity contribution in [3.05, 3.63) is 35.4 Å². The van der Waals surface area contributed by atoms with E-state index in [4.69, 9.17) is 5.73 Å². The SMILES string of the molecule is CC(C)c1ccc(C(F)(F)CCN)cc1. The Bertz CT molecular complexity index is 304. The van der Waals surface area contributed by atoms with E-state index in [9.17, 15) is 8.78 Å². The van der Waals surface area contributed by atoms with Gasteiger partial charge in [0, 0.05) is 12.0 Å². The number of halogens is 2. The van der Waals surface area contributed by atoms with Crippen molar-refractivity contribution >= 4 is 0 Å². The highest BCUT2D eigenvalue weighted by Crippen LogP contribution is 2.31. The molecule has 3 heteroatoms. The number of hydrogen-bond acceptors (Lipinski definition) is 1. The van der Waals surface area contributed by atoms with Crippen LogP contribution in [0.1, 0.15) is 37.3 Å². The van der Waals surface area contributed by atoms with E-state index in [-0.39, 0.29) is 18.5 Å². The second kappa shape index (κ2) is 4.71. The molecule has 0 amide bonds. The molecular formula is C12H17F2N. The zero-order valence-corrected chi connectivity index (χ0v) is 9.13. The lowest BCUT2D eigenvalue weighted by Crippen LogP contribution is -2.18. The second-order valence-electron chi connectivity index (χ2n) is 4.02. The van der Waals surface area contributed by atoms with Gasteiger partial charge in [0.25, 0.3) is 5.92 Å². The van der Waals surface area contributed by atoms with Crippen LogP contribution in [0.4, 0.5) is 8.78 Å². The molecule has 0 saturated heterocycles. The quantitative estimate of drug-likeness (QED) is 0.816. The lowest BCUT2D eigenvalue weighted by Gasteiger charge is -2.16. The van der Waals surface area contributed by atoms with E-state index in [1.807, 2.05) is 13.8 Å². The molecule has 0 fully saturated rings. The van der Waals surface area contributed by atoms with Gasteiger partial charge in [0.2, 0.25) is 0 Å². The summed E-state index contributed by atoms with van der Waals surface area (Å²) in [7, 11) is 0. The first-order valence-electron chi connectivity index (χ1n) is 5.15. The van der Waals surface area contributed by atoms with Crippen LogP contribution in [0.3, 0.4) is 0 Å². The predicted molar refractivity (Wildman–Crippen MR) is 58.1 cm³/mol. The van der Waals surface area contributed by atoms with Gasteiger partial charge in [0.05, 0.1) is 0 Å². The van der Waals surface area contributed by atoms with Crippen LogP contribution in [-0.2, 0) is 5.92 Å². The lowest BCUT2D eigenvalue weighted by atomic mass is 9.98. The maximum Gasteiger partial charge on any atom is 0.274 e. The Kier molecular flexibility index (Phi) is 3.80. The van der Waals surface area contributed by atoms with Crippen molar-refractivity contribution in [2.75, 3.05) is 6.54 Å². The molecule has 0 aliphatic heterocycles. The molecule has 1 aromatic carbocycles. The maximum absolute atomic E-state index is 13.4. The zero-order chi connectivity index (χ0) is 11.5. The summed E-state index contributed by atoms with van der Waals surface area (Å²) in [6, 6.07) is 6.49. The van der Waals surface area contributed by atoms with E-state index in [1.54, 1.807) is 12.1 Å². The maximum atomic E-state index is 13.4. The van der Waals surface area contributed by atoms with Crippen LogP contribution in [0.25, 0.3) is 0 Å². The topological polar surface area (TPSA) is 26.0 Å². The Balaban J connectivity index is 2.88. The Labute approximate surface area is 89.3 Å². The lowest BCUT2D eigenvalue weighted by molar-refractivity contribution is -0.0107. The minimum atomic E-state index is -2.80. The standard InChI is InChI=1S/C12H17F2N/c1-9(2)10-3-5-11(6-4-10)12(13,14)7-8-15/h3-6,9H,7-8,15H2,1-2H3. The van der Waals surface area contributed by atoms with Crippen molar-refractivity contribution < 1.29 is 8.78 Å². The Hall–Kier alpha value is -0.960. The third kappa shape index (κ3) is 2.99. The zero-order valence-electron chi connectivity index (χ0n) is 9.13. The fraction of sp³-hybridized carbons (Fsp3) is 0.500. The summed E-state index contributed by atoms with van der Waals surface area (Å²) >= 11 is 0. The van der Waals surface area contributed by atoms with Crippen molar-refractivity contribution in [2.45, 2.75) is 32.1 Å². The van der Waals surface area contributed by atoms with Crippen molar-refractivity contribution in [1.82, 2.24) is 0 Å². The molecule has 0 radical (unpaired) electrons. The minimum absolute atomic E-state index is 0.00106. The van der Waals surface area contributed by atoms with Gasteiger partial charge in [0.1, 0.15) is 0 Å². The third-order valence-corrected chi connectivity index (χ3v) is 2.46. The molecule has 0 aromatic heterocycles. The molecule has 15 heavy (non-hydrogen) atoms. The molecule has 0 spiro atoms. The molecular weight excluding hydrogens is 196 g/mol. The molecule has 1 nitrogen and oxygen atoms in total. The number of rotatable bonds is 4. The van der Waals surface area contributed by atoms with E-state index in [0.29, 0.717) is 5.92 Å². The van der Waals surface area contributed by atoms with Gasteiger partial charge in [-0.15, -0.1) is 0 Å². The normalized spacial score (nSPS) is 12.1. The highest BCUT2D eigenvalue weighted by atomic mass is 19.3. The summed E-state index contributed by atoms with van der Waals surface area (Å²) in [5.74, 6) is -2.44. The molecule has 2 N–H and O–H groups in total. The van der Waals surface area contributed by atoms with E-state index in [2.05, 4.69) is 0 Å². The molecule has 84 valence electrons. The van der Waals surface area contributed by atoms with Crippen LogP contribution in [0.5, 0.6) is 0 Å². The smallest absolute Gasteiger partial charge is 0.274 e. The van der Waals surface area contributed by atoms with E-state index in [0.717, 1.165) is 5.56 Å². The van der Waals surface area contributed by atoms with E-state index >= 15 is 0 Å². The highest BCUT2D eigenvalue weighted by molar-refractivity contribution is 5.27. The van der Waals surface area contributed by atoms with Crippen LogP contribution in [0.2, 0.25) is 0 Å². The van der Waals surface area contributed by atoms with Crippen molar-refractivity contribution in [1.29, 1.82) is 0 Å². The highest BCUT2D eigenvalue weighted by Gasteiger charge is 2.29. The summed E-state index contributed by atoms with van der Waals surface area (Å²) in [4.78, 5) is 0. The second-order valence-corrected chi connectivity index (χ2v) is 4.02. The molecule has 0 atom stereocenters. The van der Waals surface area contributed by atoms with Crippen LogP contribution < -0.4 is 5.73 Å². The van der Waals surface area contributed by atoms with Crippen LogP contribution in [0.15, 0.2) is 24.3 Å². The Morgan fingerprint density at radius 2 is 1.73 bits per heavy atom. The molecule has 0 unspecified atom stereocenters. The number of nitrogens with two attached hydrogens (primary N) is 1. The summed E-state index contributed by atoms with van der Waals surface area (Å²) < 4.78 is 26.8. The monoisotopic (exact) mass is 213 g/mol. The van der Waals surface area contributed by atoms with Gasteiger partial charge in [-0.2, -0.15) is 0 Å². The van der Waals surface area contributed by atoms with Gasteiger partial charge in [0.15, 0.2) is 0 Å². The average molecular weight is 213 g/mol.